The van der Waals surface area contributed by atoms with Gasteiger partial charge in [-0.1, -0.05) is 19.3 Å². The molecule has 3 aliphatic rings. The zero-order valence-electron chi connectivity index (χ0n) is 18.1. The van der Waals surface area contributed by atoms with Gasteiger partial charge >= 0.3 is 0 Å². The summed E-state index contributed by atoms with van der Waals surface area (Å²) in [5.41, 5.74) is 0.218. The van der Waals surface area contributed by atoms with Crippen LogP contribution in [0.5, 0.6) is 0 Å². The molecular weight excluding hydrogens is 483 g/mol. The zero-order chi connectivity index (χ0) is 19.5. The van der Waals surface area contributed by atoms with E-state index in [-0.39, 0.29) is 29.5 Å². The highest BCUT2D eigenvalue weighted by molar-refractivity contribution is 14.0. The van der Waals surface area contributed by atoms with E-state index < -0.39 is 0 Å². The van der Waals surface area contributed by atoms with Gasteiger partial charge in [-0.3, -0.25) is 9.89 Å². The van der Waals surface area contributed by atoms with Gasteiger partial charge in [0.1, 0.15) is 0 Å². The van der Waals surface area contributed by atoms with Gasteiger partial charge in [-0.25, -0.2) is 0 Å². The molecule has 0 radical (unpaired) electrons. The second-order valence-corrected chi connectivity index (χ2v) is 8.22. The van der Waals surface area contributed by atoms with Gasteiger partial charge in [-0.05, 0) is 32.6 Å². The lowest BCUT2D eigenvalue weighted by atomic mass is 9.80. The first-order valence-electron chi connectivity index (χ1n) is 11.4. The quantitative estimate of drug-likeness (QED) is 0.209. The summed E-state index contributed by atoms with van der Waals surface area (Å²) < 4.78 is 16.8. The third-order valence-corrected chi connectivity index (χ3v) is 6.20. The maximum Gasteiger partial charge on any atom is 0.191 e. The molecule has 29 heavy (non-hydrogen) atoms. The van der Waals surface area contributed by atoms with Crippen LogP contribution >= 0.6 is 24.0 Å². The molecule has 2 N–H and O–H groups in total. The molecule has 2 heterocycles. The van der Waals surface area contributed by atoms with Gasteiger partial charge < -0.3 is 24.8 Å². The second kappa shape index (κ2) is 14.0. The lowest BCUT2D eigenvalue weighted by Crippen LogP contribution is -2.56. The number of ether oxygens (including phenoxy) is 3. The number of nitrogens with zero attached hydrogens (tertiary/aromatic N) is 2. The molecule has 1 unspecified atom stereocenters. The van der Waals surface area contributed by atoms with E-state index >= 15 is 0 Å². The highest BCUT2D eigenvalue weighted by Gasteiger charge is 2.38. The molecule has 8 heteroatoms. The van der Waals surface area contributed by atoms with Crippen LogP contribution in [0.3, 0.4) is 0 Å². The first-order chi connectivity index (χ1) is 13.8. The van der Waals surface area contributed by atoms with Gasteiger partial charge in [-0.15, -0.1) is 24.0 Å². The summed E-state index contributed by atoms with van der Waals surface area (Å²) in [4.78, 5) is 7.66. The standard InChI is InChI=1S/C21H40N4O3.HI/c1-2-22-20(23-10-6-13-28-19-7-14-27-17-19)24-18-21(8-4-3-5-9-21)25-11-15-26-16-12-25;/h19H,2-18H2,1H3,(H2,22,23,24);1H. The summed E-state index contributed by atoms with van der Waals surface area (Å²) >= 11 is 0. The van der Waals surface area contributed by atoms with Crippen LogP contribution in [-0.2, 0) is 14.2 Å². The first-order valence-corrected chi connectivity index (χ1v) is 11.4. The predicted molar refractivity (Wildman–Crippen MR) is 127 cm³/mol. The molecule has 1 atom stereocenters. The topological polar surface area (TPSA) is 67.4 Å². The molecular formula is C21H41IN4O3. The molecule has 0 spiro atoms. The molecule has 1 aliphatic carbocycles. The Kier molecular flexibility index (Phi) is 12.1. The van der Waals surface area contributed by atoms with Crippen LogP contribution in [0.4, 0.5) is 0 Å². The summed E-state index contributed by atoms with van der Waals surface area (Å²) in [5, 5.41) is 6.90. The number of rotatable bonds is 9. The molecule has 0 aromatic rings. The zero-order valence-corrected chi connectivity index (χ0v) is 20.5. The fourth-order valence-electron chi connectivity index (χ4n) is 4.56. The Morgan fingerprint density at radius 2 is 1.90 bits per heavy atom. The van der Waals surface area contributed by atoms with Crippen LogP contribution in [0, 0.1) is 0 Å². The van der Waals surface area contributed by atoms with Crippen LogP contribution in [0.15, 0.2) is 4.99 Å². The maximum absolute atomic E-state index is 5.85. The Hall–Kier alpha value is -0.160. The number of hydrogen-bond acceptors (Lipinski definition) is 5. The van der Waals surface area contributed by atoms with Gasteiger partial charge in [0.2, 0.25) is 0 Å². The van der Waals surface area contributed by atoms with Crippen molar-refractivity contribution >= 4 is 29.9 Å². The number of morpholine rings is 1. The molecule has 170 valence electrons. The van der Waals surface area contributed by atoms with E-state index in [2.05, 4.69) is 22.5 Å². The van der Waals surface area contributed by atoms with Crippen molar-refractivity contribution in [3.63, 3.8) is 0 Å². The van der Waals surface area contributed by atoms with Crippen LogP contribution in [-0.4, -0.2) is 88.3 Å². The first kappa shape index (κ1) is 25.1. The third kappa shape index (κ3) is 8.12. The van der Waals surface area contributed by atoms with Crippen LogP contribution in [0.1, 0.15) is 51.9 Å². The number of nitrogens with one attached hydrogen (secondary N) is 2. The number of hydrogen-bond donors (Lipinski definition) is 2. The van der Waals surface area contributed by atoms with E-state index in [4.69, 9.17) is 19.2 Å². The predicted octanol–water partition coefficient (Wildman–Crippen LogP) is 2.39. The van der Waals surface area contributed by atoms with E-state index in [0.29, 0.717) is 6.10 Å². The number of guanidine groups is 1. The molecule has 2 saturated heterocycles. The van der Waals surface area contributed by atoms with Crippen molar-refractivity contribution in [3.05, 3.63) is 0 Å². The Labute approximate surface area is 193 Å². The van der Waals surface area contributed by atoms with E-state index in [9.17, 15) is 0 Å². The average molecular weight is 524 g/mol. The van der Waals surface area contributed by atoms with Crippen molar-refractivity contribution < 1.29 is 14.2 Å². The molecule has 0 aromatic carbocycles. The summed E-state index contributed by atoms with van der Waals surface area (Å²) in [6.07, 6.45) is 8.82. The highest BCUT2D eigenvalue weighted by atomic mass is 127. The number of halogens is 1. The second-order valence-electron chi connectivity index (χ2n) is 8.22. The molecule has 7 nitrogen and oxygen atoms in total. The summed E-state index contributed by atoms with van der Waals surface area (Å²) in [5.74, 6) is 0.935. The van der Waals surface area contributed by atoms with Crippen molar-refractivity contribution in [1.29, 1.82) is 0 Å². The van der Waals surface area contributed by atoms with Gasteiger partial charge in [0, 0.05) is 44.9 Å². The van der Waals surface area contributed by atoms with Gasteiger partial charge in [-0.2, -0.15) is 0 Å². The highest BCUT2D eigenvalue weighted by Crippen LogP contribution is 2.34. The lowest BCUT2D eigenvalue weighted by molar-refractivity contribution is -0.0333. The van der Waals surface area contributed by atoms with E-state index in [0.717, 1.165) is 84.6 Å². The van der Waals surface area contributed by atoms with Crippen molar-refractivity contribution in [2.45, 2.75) is 63.5 Å². The smallest absolute Gasteiger partial charge is 0.191 e. The maximum atomic E-state index is 5.85. The SMILES string of the molecule is CCNC(=NCC1(N2CCOCC2)CCCCC1)NCCCOC1CCOC1.I. The normalized spacial score (nSPS) is 25.4. The minimum absolute atomic E-state index is 0. The molecule has 3 rings (SSSR count). The molecule has 1 saturated carbocycles. The van der Waals surface area contributed by atoms with E-state index in [1.165, 1.54) is 32.1 Å². The largest absolute Gasteiger partial charge is 0.379 e. The van der Waals surface area contributed by atoms with E-state index in [1.54, 1.807) is 0 Å². The Balaban J connectivity index is 0.00000300. The summed E-state index contributed by atoms with van der Waals surface area (Å²) in [6.45, 7) is 10.9. The molecule has 0 bridgehead atoms. The Morgan fingerprint density at radius 3 is 2.59 bits per heavy atom. The van der Waals surface area contributed by atoms with Gasteiger partial charge in [0.05, 0.1) is 32.5 Å². The molecule has 2 aliphatic heterocycles. The molecule has 0 aromatic heterocycles. The summed E-state index contributed by atoms with van der Waals surface area (Å²) in [7, 11) is 0. The lowest BCUT2D eigenvalue weighted by Gasteiger charge is -2.47. The molecule has 3 fully saturated rings. The Morgan fingerprint density at radius 1 is 1.10 bits per heavy atom. The van der Waals surface area contributed by atoms with Gasteiger partial charge in [0.15, 0.2) is 5.96 Å². The van der Waals surface area contributed by atoms with Crippen LogP contribution in [0.25, 0.3) is 0 Å². The van der Waals surface area contributed by atoms with E-state index in [1.807, 2.05) is 0 Å². The van der Waals surface area contributed by atoms with Crippen molar-refractivity contribution in [3.8, 4) is 0 Å². The molecule has 0 amide bonds. The minimum Gasteiger partial charge on any atom is -0.379 e. The number of aliphatic imine (C=N–C) groups is 1. The third-order valence-electron chi connectivity index (χ3n) is 6.20. The van der Waals surface area contributed by atoms with Crippen LogP contribution < -0.4 is 10.6 Å². The fourth-order valence-corrected chi connectivity index (χ4v) is 4.56. The fraction of sp³-hybridized carbons (Fsp3) is 0.952. The minimum atomic E-state index is 0. The monoisotopic (exact) mass is 524 g/mol. The average Bonchev–Trinajstić information content (AvgIpc) is 3.26. The van der Waals surface area contributed by atoms with Crippen molar-refractivity contribution in [1.82, 2.24) is 15.5 Å². The van der Waals surface area contributed by atoms with Crippen LogP contribution in [0.2, 0.25) is 0 Å². The van der Waals surface area contributed by atoms with Gasteiger partial charge in [0.25, 0.3) is 0 Å². The van der Waals surface area contributed by atoms with Crippen molar-refractivity contribution in [2.24, 2.45) is 4.99 Å². The summed E-state index contributed by atoms with van der Waals surface area (Å²) in [6, 6.07) is 0. The Bertz CT molecular complexity index is 463. The van der Waals surface area contributed by atoms with Crippen molar-refractivity contribution in [2.75, 3.05) is 65.8 Å².